The Bertz CT molecular complexity index is 1030. The molecule has 0 saturated carbocycles. The summed E-state index contributed by atoms with van der Waals surface area (Å²) in [5.41, 5.74) is 2.43. The topological polar surface area (TPSA) is 114 Å². The summed E-state index contributed by atoms with van der Waals surface area (Å²) in [5.74, 6) is 0. The Morgan fingerprint density at radius 1 is 1.17 bits per heavy atom. The minimum atomic E-state index is -4.03. The maximum absolute atomic E-state index is 12.5. The third-order valence-electron chi connectivity index (χ3n) is 4.68. The zero-order valence-electron chi connectivity index (χ0n) is 16.2. The van der Waals surface area contributed by atoms with Crippen molar-refractivity contribution in [3.63, 3.8) is 0 Å². The molecule has 0 spiro atoms. The molecule has 0 bridgehead atoms. The van der Waals surface area contributed by atoms with E-state index in [2.05, 4.69) is 14.8 Å². The highest BCUT2D eigenvalue weighted by Gasteiger charge is 2.19. The number of nitro benzene ring substituents is 1. The average molecular weight is 418 g/mol. The first kappa shape index (κ1) is 20.7. The summed E-state index contributed by atoms with van der Waals surface area (Å²) < 4.78 is 30.3. The number of anilines is 1. The maximum atomic E-state index is 12.5. The Morgan fingerprint density at radius 3 is 2.45 bits per heavy atom. The monoisotopic (exact) mass is 418 g/mol. The van der Waals surface area contributed by atoms with Gasteiger partial charge in [-0.2, -0.15) is 18.4 Å². The third kappa shape index (κ3) is 4.90. The van der Waals surface area contributed by atoms with Crippen molar-refractivity contribution in [1.29, 1.82) is 0 Å². The molecule has 1 aliphatic rings. The molecule has 1 fully saturated rings. The molecule has 2 aromatic carbocycles. The molecule has 3 rings (SSSR count). The molecule has 154 valence electrons. The summed E-state index contributed by atoms with van der Waals surface area (Å²) in [4.78, 5) is 14.6. The first-order chi connectivity index (χ1) is 13.8. The van der Waals surface area contributed by atoms with Gasteiger partial charge in [-0.1, -0.05) is 18.2 Å². The Morgan fingerprint density at radius 2 is 1.83 bits per heavy atom. The van der Waals surface area contributed by atoms with Crippen LogP contribution in [0, 0.1) is 17.0 Å². The Balaban J connectivity index is 1.74. The summed E-state index contributed by atoms with van der Waals surface area (Å²) in [6, 6.07) is 11.4. The van der Waals surface area contributed by atoms with Crippen LogP contribution in [0.2, 0.25) is 0 Å². The van der Waals surface area contributed by atoms with E-state index in [1.807, 2.05) is 24.3 Å². The number of sulfonamides is 1. The minimum absolute atomic E-state index is 0.214. The van der Waals surface area contributed by atoms with E-state index in [0.717, 1.165) is 30.4 Å². The van der Waals surface area contributed by atoms with Gasteiger partial charge < -0.3 is 9.64 Å². The molecule has 1 N–H and O–H groups in total. The van der Waals surface area contributed by atoms with Crippen LogP contribution in [0.15, 0.2) is 52.5 Å². The van der Waals surface area contributed by atoms with Crippen molar-refractivity contribution in [1.82, 2.24) is 4.83 Å². The predicted molar refractivity (Wildman–Crippen MR) is 110 cm³/mol. The maximum Gasteiger partial charge on any atom is 0.276 e. The van der Waals surface area contributed by atoms with Gasteiger partial charge in [-0.3, -0.25) is 10.1 Å². The number of aryl methyl sites for hydroxylation is 1. The van der Waals surface area contributed by atoms with Crippen molar-refractivity contribution in [2.24, 2.45) is 5.10 Å². The molecule has 0 atom stereocenters. The normalized spacial score (nSPS) is 15.2. The highest BCUT2D eigenvalue weighted by Crippen LogP contribution is 2.22. The number of hydrogen-bond donors (Lipinski definition) is 1. The lowest BCUT2D eigenvalue weighted by atomic mass is 10.1. The lowest BCUT2D eigenvalue weighted by Gasteiger charge is -2.28. The minimum Gasteiger partial charge on any atom is -0.378 e. The fourth-order valence-electron chi connectivity index (χ4n) is 2.93. The van der Waals surface area contributed by atoms with Crippen LogP contribution in [0.1, 0.15) is 18.1 Å². The summed E-state index contributed by atoms with van der Waals surface area (Å²) in [6.45, 7) is 6.28. The average Bonchev–Trinajstić information content (AvgIpc) is 2.73. The van der Waals surface area contributed by atoms with Gasteiger partial charge in [-0.05, 0) is 37.6 Å². The zero-order valence-corrected chi connectivity index (χ0v) is 17.0. The second kappa shape index (κ2) is 8.58. The number of nitrogens with zero attached hydrogens (tertiary/aromatic N) is 3. The van der Waals surface area contributed by atoms with Gasteiger partial charge in [0, 0.05) is 30.4 Å². The van der Waals surface area contributed by atoms with Crippen LogP contribution >= 0.6 is 0 Å². The second-order valence-electron chi connectivity index (χ2n) is 6.64. The zero-order chi connectivity index (χ0) is 21.0. The summed E-state index contributed by atoms with van der Waals surface area (Å²) in [7, 11) is -4.03. The number of nitrogens with one attached hydrogen (secondary N) is 1. The van der Waals surface area contributed by atoms with E-state index < -0.39 is 14.9 Å². The molecular weight excluding hydrogens is 396 g/mol. The van der Waals surface area contributed by atoms with E-state index in [9.17, 15) is 18.5 Å². The molecular formula is C19H22N4O5S. The van der Waals surface area contributed by atoms with Crippen molar-refractivity contribution in [2.75, 3.05) is 31.2 Å². The smallest absolute Gasteiger partial charge is 0.276 e. The number of rotatable bonds is 6. The molecule has 2 aromatic rings. The molecule has 0 amide bonds. The van der Waals surface area contributed by atoms with Crippen molar-refractivity contribution < 1.29 is 18.1 Å². The fraction of sp³-hybridized carbons (Fsp3) is 0.316. The largest absolute Gasteiger partial charge is 0.378 e. The second-order valence-corrected chi connectivity index (χ2v) is 8.30. The molecule has 1 aliphatic heterocycles. The standard InChI is InChI=1S/C19H22N4O5S/c1-14-3-8-18(13-19(14)23(24)25)29(26,27)21-20-15(2)16-4-6-17(7-5-16)22-9-11-28-12-10-22/h3-8,13,21H,9-12H2,1-2H3. The summed E-state index contributed by atoms with van der Waals surface area (Å²) >= 11 is 0. The van der Waals surface area contributed by atoms with Crippen molar-refractivity contribution in [3.8, 4) is 0 Å². The number of hydrazone groups is 1. The molecule has 0 unspecified atom stereocenters. The summed E-state index contributed by atoms with van der Waals surface area (Å²) in [5, 5.41) is 15.0. The van der Waals surface area contributed by atoms with Gasteiger partial charge in [0.25, 0.3) is 15.7 Å². The number of morpholine rings is 1. The van der Waals surface area contributed by atoms with Crippen LogP contribution in [0.4, 0.5) is 11.4 Å². The van der Waals surface area contributed by atoms with E-state index in [4.69, 9.17) is 4.74 Å². The van der Waals surface area contributed by atoms with E-state index in [1.165, 1.54) is 12.1 Å². The van der Waals surface area contributed by atoms with Gasteiger partial charge in [0.2, 0.25) is 0 Å². The van der Waals surface area contributed by atoms with Gasteiger partial charge in [-0.25, -0.2) is 0 Å². The van der Waals surface area contributed by atoms with Gasteiger partial charge in [0.1, 0.15) is 0 Å². The van der Waals surface area contributed by atoms with Gasteiger partial charge >= 0.3 is 0 Å². The molecule has 9 nitrogen and oxygen atoms in total. The van der Waals surface area contributed by atoms with E-state index in [0.29, 0.717) is 24.5 Å². The predicted octanol–water partition coefficient (Wildman–Crippen LogP) is 2.44. The van der Waals surface area contributed by atoms with Crippen LogP contribution in [-0.4, -0.2) is 45.4 Å². The third-order valence-corrected chi connectivity index (χ3v) is 5.89. The van der Waals surface area contributed by atoms with E-state index >= 15 is 0 Å². The molecule has 0 radical (unpaired) electrons. The number of benzene rings is 2. The first-order valence-corrected chi connectivity index (χ1v) is 10.5. The molecule has 10 heteroatoms. The quantitative estimate of drug-likeness (QED) is 0.438. The van der Waals surface area contributed by atoms with Crippen LogP contribution in [0.3, 0.4) is 0 Å². The number of ether oxygens (including phenoxy) is 1. The molecule has 1 heterocycles. The number of hydrogen-bond acceptors (Lipinski definition) is 7. The first-order valence-electron chi connectivity index (χ1n) is 9.02. The van der Waals surface area contributed by atoms with Crippen molar-refractivity contribution >= 4 is 27.1 Å². The molecule has 1 saturated heterocycles. The number of nitro groups is 1. The Labute approximate surface area is 169 Å². The van der Waals surface area contributed by atoms with Crippen molar-refractivity contribution in [3.05, 3.63) is 63.7 Å². The highest BCUT2D eigenvalue weighted by atomic mass is 32.2. The van der Waals surface area contributed by atoms with E-state index in [-0.39, 0.29) is 10.6 Å². The van der Waals surface area contributed by atoms with Gasteiger partial charge in [-0.15, -0.1) is 0 Å². The van der Waals surface area contributed by atoms with Crippen LogP contribution in [0.25, 0.3) is 0 Å². The van der Waals surface area contributed by atoms with Crippen molar-refractivity contribution in [2.45, 2.75) is 18.7 Å². The van der Waals surface area contributed by atoms with Gasteiger partial charge in [0.05, 0.1) is 28.7 Å². The SMILES string of the molecule is CC(=NNS(=O)(=O)c1ccc(C)c([N+](=O)[O-])c1)c1ccc(N2CCOCC2)cc1. The molecule has 29 heavy (non-hydrogen) atoms. The Hall–Kier alpha value is -2.98. The molecule has 0 aromatic heterocycles. The Kier molecular flexibility index (Phi) is 6.14. The van der Waals surface area contributed by atoms with Gasteiger partial charge in [0.15, 0.2) is 0 Å². The fourth-order valence-corrected chi connectivity index (χ4v) is 3.81. The van der Waals surface area contributed by atoms with Crippen LogP contribution in [-0.2, 0) is 14.8 Å². The highest BCUT2D eigenvalue weighted by molar-refractivity contribution is 7.89. The summed E-state index contributed by atoms with van der Waals surface area (Å²) in [6.07, 6.45) is 0. The molecule has 0 aliphatic carbocycles. The lowest BCUT2D eigenvalue weighted by Crippen LogP contribution is -2.36. The van der Waals surface area contributed by atoms with E-state index in [1.54, 1.807) is 13.8 Å². The van der Waals surface area contributed by atoms with Crippen LogP contribution in [0.5, 0.6) is 0 Å². The lowest BCUT2D eigenvalue weighted by molar-refractivity contribution is -0.385. The van der Waals surface area contributed by atoms with Crippen LogP contribution < -0.4 is 9.73 Å².